The zero-order chi connectivity index (χ0) is 28.3. The van der Waals surface area contributed by atoms with Crippen LogP contribution < -0.4 is 0 Å². The monoisotopic (exact) mass is 543 g/mol. The van der Waals surface area contributed by atoms with Crippen LogP contribution in [0.25, 0.3) is 5.65 Å². The molecule has 2 aliphatic rings. The standard InChI is InChI=1S/C27H35F2N7O3/c1-16-31-32-22(39-16)24(38)34-11-12-35(26(5,6)15-34)23(37)20-14-36-21(30-20)18(25(2,3)4)13-19(33-36)17-7-9-27(28,29)10-8-17/h13-14,17H,7-12,15H2,1-6H3. The molecule has 0 N–H and O–H groups in total. The summed E-state index contributed by atoms with van der Waals surface area (Å²) in [6.45, 7) is 12.5. The number of nitrogens with zero attached hydrogens (tertiary/aromatic N) is 7. The Labute approximate surface area is 225 Å². The Hall–Kier alpha value is -3.44. The molecule has 39 heavy (non-hydrogen) atoms. The highest BCUT2D eigenvalue weighted by Gasteiger charge is 2.41. The normalized spacial score (nSPS) is 20.0. The lowest BCUT2D eigenvalue weighted by Gasteiger charge is -2.46. The number of amides is 2. The molecule has 2 amide bonds. The smallest absolute Gasteiger partial charge is 0.311 e. The average Bonchev–Trinajstić information content (AvgIpc) is 3.47. The Morgan fingerprint density at radius 1 is 1.08 bits per heavy atom. The first kappa shape index (κ1) is 27.1. The van der Waals surface area contributed by atoms with Gasteiger partial charge in [0.2, 0.25) is 11.8 Å². The summed E-state index contributed by atoms with van der Waals surface area (Å²) in [6, 6.07) is 1.97. The van der Waals surface area contributed by atoms with Crippen LogP contribution in [0.3, 0.4) is 0 Å². The number of carbonyl (C=O) groups excluding carboxylic acids is 2. The number of aromatic nitrogens is 5. The molecule has 4 heterocycles. The zero-order valence-electron chi connectivity index (χ0n) is 23.3. The maximum Gasteiger partial charge on any atom is 0.311 e. The van der Waals surface area contributed by atoms with E-state index in [1.807, 2.05) is 19.9 Å². The summed E-state index contributed by atoms with van der Waals surface area (Å²) in [5.41, 5.74) is 1.50. The number of carbonyl (C=O) groups is 2. The number of fused-ring (bicyclic) bond motifs is 1. The second kappa shape index (κ2) is 9.34. The van der Waals surface area contributed by atoms with Crippen molar-refractivity contribution >= 4 is 17.5 Å². The first-order valence-corrected chi connectivity index (χ1v) is 13.3. The molecule has 1 saturated heterocycles. The third kappa shape index (κ3) is 5.25. The lowest BCUT2D eigenvalue weighted by Crippen LogP contribution is -2.62. The van der Waals surface area contributed by atoms with Crippen molar-refractivity contribution in [2.75, 3.05) is 19.6 Å². The predicted octanol–water partition coefficient (Wildman–Crippen LogP) is 4.39. The lowest BCUT2D eigenvalue weighted by molar-refractivity contribution is -0.0385. The molecule has 1 aliphatic carbocycles. The third-order valence-electron chi connectivity index (χ3n) is 7.75. The van der Waals surface area contributed by atoms with Crippen LogP contribution >= 0.6 is 0 Å². The van der Waals surface area contributed by atoms with Crippen molar-refractivity contribution in [2.45, 2.75) is 90.0 Å². The number of halogens is 2. The minimum absolute atomic E-state index is 0.0659. The molecule has 0 bridgehead atoms. The minimum Gasteiger partial charge on any atom is -0.417 e. The molecule has 5 rings (SSSR count). The summed E-state index contributed by atoms with van der Waals surface area (Å²) in [5.74, 6) is -3.06. The summed E-state index contributed by atoms with van der Waals surface area (Å²) < 4.78 is 34.5. The van der Waals surface area contributed by atoms with Gasteiger partial charge in [-0.1, -0.05) is 20.8 Å². The molecule has 210 valence electrons. The van der Waals surface area contributed by atoms with E-state index < -0.39 is 11.5 Å². The van der Waals surface area contributed by atoms with Gasteiger partial charge >= 0.3 is 11.8 Å². The van der Waals surface area contributed by atoms with Crippen LogP contribution in [-0.2, 0) is 5.41 Å². The van der Waals surface area contributed by atoms with E-state index in [-0.39, 0.29) is 54.1 Å². The SMILES string of the molecule is Cc1nnc(C(=O)N2CCN(C(=O)c3cn4nc(C5CCC(F)(F)CC5)cc(C(C)(C)C)c4n3)C(C)(C)C2)o1. The fourth-order valence-electron chi connectivity index (χ4n) is 5.55. The Kier molecular flexibility index (Phi) is 6.50. The van der Waals surface area contributed by atoms with Crippen LogP contribution in [0.15, 0.2) is 16.7 Å². The van der Waals surface area contributed by atoms with Crippen molar-refractivity contribution in [3.05, 3.63) is 41.0 Å². The summed E-state index contributed by atoms with van der Waals surface area (Å²) in [4.78, 5) is 34.6. The molecule has 1 aliphatic heterocycles. The highest BCUT2D eigenvalue weighted by Crippen LogP contribution is 2.41. The number of alkyl halides is 2. The van der Waals surface area contributed by atoms with E-state index in [1.54, 1.807) is 27.4 Å². The maximum atomic E-state index is 13.8. The Balaban J connectivity index is 1.41. The molecular weight excluding hydrogens is 508 g/mol. The molecule has 0 unspecified atom stereocenters. The zero-order valence-corrected chi connectivity index (χ0v) is 23.3. The maximum absolute atomic E-state index is 13.8. The highest BCUT2D eigenvalue weighted by atomic mass is 19.3. The van der Waals surface area contributed by atoms with Crippen LogP contribution in [0.4, 0.5) is 8.78 Å². The van der Waals surface area contributed by atoms with Crippen molar-refractivity contribution in [3.8, 4) is 0 Å². The number of imidazole rings is 1. The number of hydrogen-bond donors (Lipinski definition) is 0. The van der Waals surface area contributed by atoms with Crippen molar-refractivity contribution in [1.29, 1.82) is 0 Å². The average molecular weight is 544 g/mol. The first-order valence-electron chi connectivity index (χ1n) is 13.3. The molecule has 12 heteroatoms. The van der Waals surface area contributed by atoms with Crippen LogP contribution in [0.5, 0.6) is 0 Å². The van der Waals surface area contributed by atoms with Crippen molar-refractivity contribution in [2.24, 2.45) is 0 Å². The van der Waals surface area contributed by atoms with Gasteiger partial charge in [0, 0.05) is 50.9 Å². The molecular formula is C27H35F2N7O3. The lowest BCUT2D eigenvalue weighted by atomic mass is 9.82. The molecule has 2 fully saturated rings. The van der Waals surface area contributed by atoms with E-state index in [1.165, 1.54) is 0 Å². The van der Waals surface area contributed by atoms with Gasteiger partial charge in [-0.3, -0.25) is 9.59 Å². The summed E-state index contributed by atoms with van der Waals surface area (Å²) >= 11 is 0. The van der Waals surface area contributed by atoms with Gasteiger partial charge < -0.3 is 14.2 Å². The molecule has 3 aromatic heterocycles. The summed E-state index contributed by atoms with van der Waals surface area (Å²) in [5, 5.41) is 12.3. The highest BCUT2D eigenvalue weighted by molar-refractivity contribution is 5.94. The van der Waals surface area contributed by atoms with E-state index in [4.69, 9.17) is 14.5 Å². The van der Waals surface area contributed by atoms with Crippen LogP contribution in [0.1, 0.15) is 105 Å². The molecule has 0 aromatic carbocycles. The van der Waals surface area contributed by atoms with Gasteiger partial charge in [-0.15, -0.1) is 10.2 Å². The molecule has 3 aromatic rings. The summed E-state index contributed by atoms with van der Waals surface area (Å²) in [6.07, 6.45) is 2.08. The molecule has 0 radical (unpaired) electrons. The van der Waals surface area contributed by atoms with E-state index in [2.05, 4.69) is 31.0 Å². The fraction of sp³-hybridized carbons (Fsp3) is 0.630. The molecule has 0 spiro atoms. The van der Waals surface area contributed by atoms with E-state index in [0.29, 0.717) is 37.5 Å². The van der Waals surface area contributed by atoms with Crippen LogP contribution in [0.2, 0.25) is 0 Å². The van der Waals surface area contributed by atoms with Crippen molar-refractivity contribution in [3.63, 3.8) is 0 Å². The van der Waals surface area contributed by atoms with Crippen molar-refractivity contribution < 1.29 is 22.8 Å². The van der Waals surface area contributed by atoms with Gasteiger partial charge in [-0.05, 0) is 38.2 Å². The van der Waals surface area contributed by atoms with Gasteiger partial charge in [0.25, 0.3) is 5.91 Å². The fourth-order valence-corrected chi connectivity index (χ4v) is 5.55. The number of piperazine rings is 1. The van der Waals surface area contributed by atoms with E-state index in [0.717, 1.165) is 11.3 Å². The molecule has 0 atom stereocenters. The first-order chi connectivity index (χ1) is 18.1. The van der Waals surface area contributed by atoms with Gasteiger partial charge in [0.05, 0.1) is 17.4 Å². The number of rotatable bonds is 3. The van der Waals surface area contributed by atoms with Gasteiger partial charge in [0.1, 0.15) is 5.69 Å². The summed E-state index contributed by atoms with van der Waals surface area (Å²) in [7, 11) is 0. The van der Waals surface area contributed by atoms with Crippen LogP contribution in [0, 0.1) is 6.92 Å². The van der Waals surface area contributed by atoms with Crippen molar-refractivity contribution in [1.82, 2.24) is 34.6 Å². The van der Waals surface area contributed by atoms with Crippen LogP contribution in [-0.4, -0.2) is 77.5 Å². The van der Waals surface area contributed by atoms with Gasteiger partial charge in [0.15, 0.2) is 5.65 Å². The molecule has 10 nitrogen and oxygen atoms in total. The molecule has 1 saturated carbocycles. The predicted molar refractivity (Wildman–Crippen MR) is 138 cm³/mol. The van der Waals surface area contributed by atoms with Gasteiger partial charge in [-0.25, -0.2) is 18.3 Å². The Morgan fingerprint density at radius 2 is 1.77 bits per heavy atom. The largest absolute Gasteiger partial charge is 0.417 e. The third-order valence-corrected chi connectivity index (χ3v) is 7.75. The minimum atomic E-state index is -2.62. The second-order valence-electron chi connectivity index (χ2n) is 12.4. The van der Waals surface area contributed by atoms with E-state index >= 15 is 0 Å². The van der Waals surface area contributed by atoms with E-state index in [9.17, 15) is 18.4 Å². The number of aryl methyl sites for hydroxylation is 1. The topological polar surface area (TPSA) is 110 Å². The quantitative estimate of drug-likeness (QED) is 0.482. The number of hydrogen-bond acceptors (Lipinski definition) is 7. The van der Waals surface area contributed by atoms with Gasteiger partial charge in [-0.2, -0.15) is 5.10 Å². The second-order valence-corrected chi connectivity index (χ2v) is 12.4. The Bertz CT molecular complexity index is 1410. The Morgan fingerprint density at radius 3 is 2.36 bits per heavy atom.